The molecule has 2 aliphatic rings. The minimum atomic E-state index is -2.79. The summed E-state index contributed by atoms with van der Waals surface area (Å²) in [5.74, 6) is 0.995. The van der Waals surface area contributed by atoms with Gasteiger partial charge in [0.05, 0.1) is 17.6 Å². The van der Waals surface area contributed by atoms with E-state index in [4.69, 9.17) is 0 Å². The quantitative estimate of drug-likeness (QED) is 0.671. The molecule has 1 aliphatic heterocycles. The molecule has 2 unspecified atom stereocenters. The Balaban J connectivity index is 1.71. The third-order valence-corrected chi connectivity index (χ3v) is 4.78. The first kappa shape index (κ1) is 10.4. The van der Waals surface area contributed by atoms with Gasteiger partial charge in [0, 0.05) is 12.6 Å². The molecule has 2 N–H and O–H groups in total. The van der Waals surface area contributed by atoms with E-state index in [1.807, 2.05) is 0 Å². The van der Waals surface area contributed by atoms with Crippen molar-refractivity contribution >= 4 is 9.84 Å². The van der Waals surface area contributed by atoms with Gasteiger partial charge in [0.2, 0.25) is 0 Å². The molecule has 0 aromatic rings. The molecular formula is C9H17NO3S. The van der Waals surface area contributed by atoms with Gasteiger partial charge < -0.3 is 10.4 Å². The Kier molecular flexibility index (Phi) is 2.81. The first-order valence-electron chi connectivity index (χ1n) is 5.19. The Morgan fingerprint density at radius 2 is 2.07 bits per heavy atom. The van der Waals surface area contributed by atoms with Gasteiger partial charge in [-0.1, -0.05) is 0 Å². The zero-order valence-corrected chi connectivity index (χ0v) is 8.96. The molecule has 1 saturated heterocycles. The summed E-state index contributed by atoms with van der Waals surface area (Å²) in [4.78, 5) is 0. The van der Waals surface area contributed by atoms with E-state index in [0.717, 1.165) is 12.8 Å². The Morgan fingerprint density at radius 3 is 2.57 bits per heavy atom. The maximum atomic E-state index is 11.1. The van der Waals surface area contributed by atoms with Crippen LogP contribution in [0, 0.1) is 5.92 Å². The summed E-state index contributed by atoms with van der Waals surface area (Å²) < 4.78 is 22.3. The van der Waals surface area contributed by atoms with Gasteiger partial charge in [0.1, 0.15) is 0 Å². The smallest absolute Gasteiger partial charge is 0.151 e. The molecule has 1 saturated carbocycles. The predicted molar refractivity (Wildman–Crippen MR) is 53.8 cm³/mol. The standard InChI is InChI=1S/C9H17NO3S/c11-9(7-1-2-7)5-10-8-3-4-14(12,13)6-8/h7-11H,1-6H2. The van der Waals surface area contributed by atoms with Crippen molar-refractivity contribution in [2.24, 2.45) is 5.92 Å². The predicted octanol–water partition coefficient (Wildman–Crippen LogP) is -0.466. The van der Waals surface area contributed by atoms with Crippen LogP contribution in [0.4, 0.5) is 0 Å². The average Bonchev–Trinajstić information content (AvgIpc) is 2.88. The van der Waals surface area contributed by atoms with Crippen molar-refractivity contribution in [3.63, 3.8) is 0 Å². The highest BCUT2D eigenvalue weighted by Gasteiger charge is 2.32. The van der Waals surface area contributed by atoms with Gasteiger partial charge in [0.15, 0.2) is 9.84 Å². The normalized spacial score (nSPS) is 33.1. The number of sulfone groups is 1. The molecule has 1 aliphatic carbocycles. The maximum Gasteiger partial charge on any atom is 0.151 e. The fourth-order valence-corrected chi connectivity index (χ4v) is 3.60. The van der Waals surface area contributed by atoms with Crippen molar-refractivity contribution in [3.05, 3.63) is 0 Å². The molecule has 5 heteroatoms. The lowest BCUT2D eigenvalue weighted by atomic mass is 10.2. The van der Waals surface area contributed by atoms with E-state index >= 15 is 0 Å². The topological polar surface area (TPSA) is 66.4 Å². The van der Waals surface area contributed by atoms with Gasteiger partial charge in [-0.15, -0.1) is 0 Å². The fraction of sp³-hybridized carbons (Fsp3) is 1.00. The second-order valence-electron chi connectivity index (χ2n) is 4.41. The number of nitrogens with one attached hydrogen (secondary N) is 1. The first-order chi connectivity index (χ1) is 6.57. The van der Waals surface area contributed by atoms with Crippen molar-refractivity contribution in [2.75, 3.05) is 18.1 Å². The number of aliphatic hydroxyl groups excluding tert-OH is 1. The molecule has 0 spiro atoms. The van der Waals surface area contributed by atoms with E-state index in [1.165, 1.54) is 0 Å². The van der Waals surface area contributed by atoms with E-state index in [0.29, 0.717) is 24.6 Å². The number of rotatable bonds is 4. The zero-order chi connectivity index (χ0) is 10.2. The lowest BCUT2D eigenvalue weighted by Gasteiger charge is -2.14. The summed E-state index contributed by atoms with van der Waals surface area (Å²) >= 11 is 0. The number of hydrogen-bond acceptors (Lipinski definition) is 4. The lowest BCUT2D eigenvalue weighted by Crippen LogP contribution is -2.37. The third kappa shape index (κ3) is 2.68. The highest BCUT2D eigenvalue weighted by Crippen LogP contribution is 2.32. The second-order valence-corrected chi connectivity index (χ2v) is 6.64. The molecule has 0 aromatic heterocycles. The molecule has 0 radical (unpaired) electrons. The van der Waals surface area contributed by atoms with Crippen LogP contribution in [-0.4, -0.2) is 43.7 Å². The molecule has 2 fully saturated rings. The summed E-state index contributed by atoms with van der Waals surface area (Å²) in [6.45, 7) is 0.546. The van der Waals surface area contributed by atoms with E-state index in [-0.39, 0.29) is 17.9 Å². The van der Waals surface area contributed by atoms with Crippen LogP contribution in [-0.2, 0) is 9.84 Å². The van der Waals surface area contributed by atoms with Crippen LogP contribution < -0.4 is 5.32 Å². The summed E-state index contributed by atoms with van der Waals surface area (Å²) in [7, 11) is -2.79. The van der Waals surface area contributed by atoms with E-state index < -0.39 is 9.84 Å². The second kappa shape index (κ2) is 3.79. The molecule has 0 bridgehead atoms. The van der Waals surface area contributed by atoms with Crippen LogP contribution in [0.15, 0.2) is 0 Å². The van der Waals surface area contributed by atoms with Crippen LogP contribution in [0.3, 0.4) is 0 Å². The van der Waals surface area contributed by atoms with Gasteiger partial charge in [-0.25, -0.2) is 8.42 Å². The molecule has 0 amide bonds. The number of aliphatic hydroxyl groups is 1. The summed E-state index contributed by atoms with van der Waals surface area (Å²) in [5.41, 5.74) is 0. The Labute approximate surface area is 84.6 Å². The zero-order valence-electron chi connectivity index (χ0n) is 8.15. The SMILES string of the molecule is O=S1(=O)CCC(NCC(O)C2CC2)C1. The van der Waals surface area contributed by atoms with Crippen molar-refractivity contribution in [1.82, 2.24) is 5.32 Å². The van der Waals surface area contributed by atoms with E-state index in [9.17, 15) is 13.5 Å². The Bertz CT molecular complexity index is 297. The van der Waals surface area contributed by atoms with Crippen LogP contribution in [0.5, 0.6) is 0 Å². The average molecular weight is 219 g/mol. The molecule has 14 heavy (non-hydrogen) atoms. The van der Waals surface area contributed by atoms with Gasteiger partial charge in [0.25, 0.3) is 0 Å². The monoisotopic (exact) mass is 219 g/mol. The molecule has 4 nitrogen and oxygen atoms in total. The van der Waals surface area contributed by atoms with Crippen molar-refractivity contribution in [1.29, 1.82) is 0 Å². The van der Waals surface area contributed by atoms with Crippen molar-refractivity contribution < 1.29 is 13.5 Å². The summed E-state index contributed by atoms with van der Waals surface area (Å²) in [6, 6.07) is 0.0633. The van der Waals surface area contributed by atoms with Crippen LogP contribution >= 0.6 is 0 Å². The lowest BCUT2D eigenvalue weighted by molar-refractivity contribution is 0.145. The maximum absolute atomic E-state index is 11.1. The van der Waals surface area contributed by atoms with Crippen LogP contribution in [0.1, 0.15) is 19.3 Å². The minimum absolute atomic E-state index is 0.0633. The fourth-order valence-electron chi connectivity index (χ4n) is 1.89. The summed E-state index contributed by atoms with van der Waals surface area (Å²) in [6.07, 6.45) is 2.65. The van der Waals surface area contributed by atoms with E-state index in [2.05, 4.69) is 5.32 Å². The number of hydrogen-bond donors (Lipinski definition) is 2. The van der Waals surface area contributed by atoms with E-state index in [1.54, 1.807) is 0 Å². The van der Waals surface area contributed by atoms with Crippen LogP contribution in [0.25, 0.3) is 0 Å². The van der Waals surface area contributed by atoms with Gasteiger partial charge >= 0.3 is 0 Å². The molecule has 1 heterocycles. The van der Waals surface area contributed by atoms with Gasteiger partial charge in [-0.2, -0.15) is 0 Å². The highest BCUT2D eigenvalue weighted by atomic mass is 32.2. The third-order valence-electron chi connectivity index (χ3n) is 3.01. The van der Waals surface area contributed by atoms with Gasteiger partial charge in [-0.05, 0) is 25.2 Å². The van der Waals surface area contributed by atoms with Gasteiger partial charge in [-0.3, -0.25) is 0 Å². The summed E-state index contributed by atoms with van der Waals surface area (Å²) in [5, 5.41) is 12.7. The van der Waals surface area contributed by atoms with Crippen LogP contribution in [0.2, 0.25) is 0 Å². The molecular weight excluding hydrogens is 202 g/mol. The Hall–Kier alpha value is -0.130. The molecule has 2 rings (SSSR count). The molecule has 82 valence electrons. The molecule has 2 atom stereocenters. The van der Waals surface area contributed by atoms with Crippen molar-refractivity contribution in [2.45, 2.75) is 31.4 Å². The minimum Gasteiger partial charge on any atom is -0.392 e. The largest absolute Gasteiger partial charge is 0.392 e. The highest BCUT2D eigenvalue weighted by molar-refractivity contribution is 7.91. The Morgan fingerprint density at radius 1 is 1.36 bits per heavy atom. The first-order valence-corrected chi connectivity index (χ1v) is 7.01. The molecule has 0 aromatic carbocycles. The van der Waals surface area contributed by atoms with Crippen molar-refractivity contribution in [3.8, 4) is 0 Å².